The number of nitrogens with two attached hydrogens (primary N) is 2. The molecule has 6 N–H and O–H groups in total. The molecule has 2 aromatic rings. The van der Waals surface area contributed by atoms with Gasteiger partial charge < -0.3 is 11.5 Å². The Bertz CT molecular complexity index is 564. The quantitative estimate of drug-likeness (QED) is 0.604. The van der Waals surface area contributed by atoms with E-state index in [1.165, 1.54) is 0 Å². The Morgan fingerprint density at radius 3 is 2.39 bits per heavy atom. The summed E-state index contributed by atoms with van der Waals surface area (Å²) in [4.78, 5) is 0. The smallest absolute Gasteiger partial charge is 0.0831 e. The van der Waals surface area contributed by atoms with Crippen molar-refractivity contribution in [2.45, 2.75) is 6.54 Å². The van der Waals surface area contributed by atoms with Gasteiger partial charge >= 0.3 is 0 Å². The van der Waals surface area contributed by atoms with Crippen LogP contribution in [0.2, 0.25) is 0 Å². The maximum Gasteiger partial charge on any atom is 0.0831 e. The van der Waals surface area contributed by atoms with Crippen LogP contribution in [-0.2, 0) is 6.54 Å². The van der Waals surface area contributed by atoms with E-state index in [4.69, 9.17) is 11.5 Å². The third-order valence-electron chi connectivity index (χ3n) is 2.94. The summed E-state index contributed by atoms with van der Waals surface area (Å²) >= 11 is 0. The van der Waals surface area contributed by atoms with E-state index >= 15 is 0 Å². The van der Waals surface area contributed by atoms with Crippen molar-refractivity contribution in [3.05, 3.63) is 48.0 Å². The zero-order valence-electron chi connectivity index (χ0n) is 9.85. The van der Waals surface area contributed by atoms with Gasteiger partial charge in [-0.1, -0.05) is 12.1 Å². The second-order valence-corrected chi connectivity index (χ2v) is 4.23. The second-order valence-electron chi connectivity index (χ2n) is 4.23. The molecule has 5 nitrogen and oxygen atoms in total. The molecular weight excluding hydrogens is 226 g/mol. The highest BCUT2D eigenvalue weighted by atomic mass is 15.8. The third-order valence-corrected chi connectivity index (χ3v) is 2.94. The molecule has 0 spiro atoms. The molecular formula is C13H15N5. The van der Waals surface area contributed by atoms with Gasteiger partial charge in [0.2, 0.25) is 0 Å². The predicted octanol–water partition coefficient (Wildman–Crippen LogP) is 1.90. The summed E-state index contributed by atoms with van der Waals surface area (Å²) in [6, 6.07) is 13.8. The molecule has 0 saturated heterocycles. The second kappa shape index (κ2) is 4.12. The van der Waals surface area contributed by atoms with E-state index in [9.17, 15) is 0 Å². The van der Waals surface area contributed by atoms with E-state index in [2.05, 4.69) is 10.9 Å². The van der Waals surface area contributed by atoms with Crippen LogP contribution in [0, 0.1) is 0 Å². The number of hydrogen-bond acceptors (Lipinski definition) is 5. The number of nitrogen functional groups attached to an aromatic ring is 1. The van der Waals surface area contributed by atoms with Crippen LogP contribution >= 0.6 is 0 Å². The zero-order valence-corrected chi connectivity index (χ0v) is 9.85. The van der Waals surface area contributed by atoms with Gasteiger partial charge in [0.15, 0.2) is 0 Å². The molecule has 0 amide bonds. The van der Waals surface area contributed by atoms with E-state index in [0.29, 0.717) is 6.54 Å². The van der Waals surface area contributed by atoms with Crippen molar-refractivity contribution < 1.29 is 0 Å². The number of nitrogens with zero attached hydrogens (tertiary/aromatic N) is 1. The average Bonchev–Trinajstić information content (AvgIpc) is 2.81. The van der Waals surface area contributed by atoms with Crippen LogP contribution in [0.4, 0.5) is 22.7 Å². The molecule has 0 unspecified atom stereocenters. The molecule has 3 rings (SSSR count). The highest BCUT2D eigenvalue weighted by molar-refractivity contribution is 5.81. The third kappa shape index (κ3) is 1.80. The van der Waals surface area contributed by atoms with Crippen molar-refractivity contribution in [1.82, 2.24) is 0 Å². The number of anilines is 4. The maximum atomic E-state index is 5.75. The molecule has 0 radical (unpaired) electrons. The van der Waals surface area contributed by atoms with Gasteiger partial charge in [-0.3, -0.25) is 10.9 Å². The Hall–Kier alpha value is -2.40. The van der Waals surface area contributed by atoms with Crippen molar-refractivity contribution in [3.8, 4) is 0 Å². The maximum absolute atomic E-state index is 5.75. The fourth-order valence-electron chi connectivity index (χ4n) is 1.93. The topological polar surface area (TPSA) is 79.3 Å². The molecule has 1 heterocycles. The number of benzene rings is 2. The predicted molar refractivity (Wildman–Crippen MR) is 74.9 cm³/mol. The molecule has 18 heavy (non-hydrogen) atoms. The lowest BCUT2D eigenvalue weighted by Gasteiger charge is -2.18. The lowest BCUT2D eigenvalue weighted by Crippen LogP contribution is -2.29. The van der Waals surface area contributed by atoms with Crippen molar-refractivity contribution in [2.24, 2.45) is 5.73 Å². The van der Waals surface area contributed by atoms with Crippen LogP contribution < -0.4 is 27.4 Å². The normalized spacial score (nSPS) is 12.8. The summed E-state index contributed by atoms with van der Waals surface area (Å²) in [7, 11) is 0. The van der Waals surface area contributed by atoms with E-state index < -0.39 is 0 Å². The Morgan fingerprint density at radius 1 is 0.944 bits per heavy atom. The summed E-state index contributed by atoms with van der Waals surface area (Å²) in [6.45, 7) is 0.553. The molecule has 0 atom stereocenters. The number of hydrazine groups is 2. The summed E-state index contributed by atoms with van der Waals surface area (Å²) in [5.74, 6) is 0. The van der Waals surface area contributed by atoms with Gasteiger partial charge in [0.1, 0.15) is 0 Å². The van der Waals surface area contributed by atoms with Gasteiger partial charge in [-0.25, -0.2) is 0 Å². The first-order chi connectivity index (χ1) is 8.76. The summed E-state index contributed by atoms with van der Waals surface area (Å²) in [5, 5.41) is 1.85. The van der Waals surface area contributed by atoms with Crippen LogP contribution in [-0.4, -0.2) is 0 Å². The molecule has 0 fully saturated rings. The Morgan fingerprint density at radius 2 is 1.67 bits per heavy atom. The molecule has 0 aliphatic carbocycles. The largest absolute Gasteiger partial charge is 0.399 e. The molecule has 0 aromatic heterocycles. The molecule has 2 aromatic carbocycles. The SMILES string of the molecule is NCc1ccc(N2Nc3ccc(N)cc3N2)cc1. The van der Waals surface area contributed by atoms with Gasteiger partial charge in [-0.05, 0) is 35.9 Å². The van der Waals surface area contributed by atoms with Gasteiger partial charge in [0.05, 0.1) is 17.1 Å². The van der Waals surface area contributed by atoms with E-state index in [0.717, 1.165) is 28.3 Å². The van der Waals surface area contributed by atoms with Crippen LogP contribution in [0.3, 0.4) is 0 Å². The monoisotopic (exact) mass is 241 g/mol. The first kappa shape index (κ1) is 10.7. The first-order valence-corrected chi connectivity index (χ1v) is 5.78. The Labute approximate surface area is 105 Å². The fourth-order valence-corrected chi connectivity index (χ4v) is 1.93. The lowest BCUT2D eigenvalue weighted by molar-refractivity contribution is 1.06. The zero-order chi connectivity index (χ0) is 12.5. The minimum Gasteiger partial charge on any atom is -0.399 e. The van der Waals surface area contributed by atoms with Crippen LogP contribution in [0.5, 0.6) is 0 Å². The summed E-state index contributed by atoms with van der Waals surface area (Å²) < 4.78 is 0. The minimum atomic E-state index is 0.553. The van der Waals surface area contributed by atoms with E-state index in [1.807, 2.05) is 47.6 Å². The van der Waals surface area contributed by atoms with Crippen molar-refractivity contribution >= 4 is 22.7 Å². The Balaban J connectivity index is 1.84. The van der Waals surface area contributed by atoms with Crippen LogP contribution in [0.15, 0.2) is 42.5 Å². The molecule has 1 aliphatic heterocycles. The van der Waals surface area contributed by atoms with Crippen molar-refractivity contribution in [2.75, 3.05) is 21.7 Å². The van der Waals surface area contributed by atoms with Gasteiger partial charge in [-0.2, -0.15) is 5.12 Å². The highest BCUT2D eigenvalue weighted by Crippen LogP contribution is 2.32. The van der Waals surface area contributed by atoms with Crippen LogP contribution in [0.25, 0.3) is 0 Å². The van der Waals surface area contributed by atoms with Gasteiger partial charge in [0, 0.05) is 12.2 Å². The number of hydrogen-bond donors (Lipinski definition) is 4. The molecule has 92 valence electrons. The highest BCUT2D eigenvalue weighted by Gasteiger charge is 2.17. The number of rotatable bonds is 2. The van der Waals surface area contributed by atoms with E-state index in [-0.39, 0.29) is 0 Å². The standard InChI is InChI=1S/C13H15N5/c14-8-9-1-4-11(5-2-9)18-16-12-6-3-10(15)7-13(12)17-18/h1-7,16-17H,8,14-15H2. The van der Waals surface area contributed by atoms with Crippen molar-refractivity contribution in [3.63, 3.8) is 0 Å². The lowest BCUT2D eigenvalue weighted by atomic mass is 10.2. The number of nitrogens with one attached hydrogen (secondary N) is 2. The molecule has 5 heteroatoms. The minimum absolute atomic E-state index is 0.553. The average molecular weight is 241 g/mol. The molecule has 0 bridgehead atoms. The van der Waals surface area contributed by atoms with E-state index in [1.54, 1.807) is 0 Å². The fraction of sp³-hybridized carbons (Fsp3) is 0.0769. The van der Waals surface area contributed by atoms with Gasteiger partial charge in [-0.15, -0.1) is 0 Å². The van der Waals surface area contributed by atoms with Crippen LogP contribution in [0.1, 0.15) is 5.56 Å². The van der Waals surface area contributed by atoms with Crippen molar-refractivity contribution in [1.29, 1.82) is 0 Å². The Kier molecular flexibility index (Phi) is 2.46. The summed E-state index contributed by atoms with van der Waals surface area (Å²) in [5.41, 5.74) is 22.7. The molecule has 0 saturated carbocycles. The number of fused-ring (bicyclic) bond motifs is 1. The first-order valence-electron chi connectivity index (χ1n) is 5.78. The van der Waals surface area contributed by atoms with Gasteiger partial charge in [0.25, 0.3) is 0 Å². The molecule has 1 aliphatic rings. The summed E-state index contributed by atoms with van der Waals surface area (Å²) in [6.07, 6.45) is 0.